The Morgan fingerprint density at radius 1 is 1.24 bits per heavy atom. The van der Waals surface area contributed by atoms with Crippen LogP contribution in [0.25, 0.3) is 0 Å². The van der Waals surface area contributed by atoms with Gasteiger partial charge in [-0.25, -0.2) is 9.37 Å². The first kappa shape index (κ1) is 13.9. The summed E-state index contributed by atoms with van der Waals surface area (Å²) in [5.74, 6) is 0.775. The third-order valence-corrected chi connectivity index (χ3v) is 4.01. The molecule has 0 amide bonds. The minimum atomic E-state index is -0.411. The second-order valence-electron chi connectivity index (χ2n) is 5.46. The van der Waals surface area contributed by atoms with E-state index in [0.29, 0.717) is 6.54 Å². The molecule has 0 bridgehead atoms. The Kier molecular flexibility index (Phi) is 4.10. The molecule has 1 fully saturated rings. The van der Waals surface area contributed by atoms with Crippen molar-refractivity contribution >= 4 is 5.82 Å². The molecule has 3 rings (SSSR count). The number of rotatable bonds is 3. The van der Waals surface area contributed by atoms with Gasteiger partial charge < -0.3 is 10.0 Å². The number of hydrogen-bond donors (Lipinski definition) is 1. The van der Waals surface area contributed by atoms with E-state index in [4.69, 9.17) is 0 Å². The highest BCUT2D eigenvalue weighted by Gasteiger charge is 2.28. The lowest BCUT2D eigenvalue weighted by atomic mass is 9.88. The number of hydrogen-bond acceptors (Lipinski definition) is 4. The van der Waals surface area contributed by atoms with Gasteiger partial charge in [-0.15, -0.1) is 0 Å². The van der Waals surface area contributed by atoms with Gasteiger partial charge >= 0.3 is 0 Å². The SMILES string of the molecule is O[C@H]1CN(c2cnccn2)CC[C@@H]1Cc1ccc(F)cc1. The summed E-state index contributed by atoms with van der Waals surface area (Å²) in [6.45, 7) is 1.41. The quantitative estimate of drug-likeness (QED) is 0.938. The molecule has 2 heterocycles. The average Bonchev–Trinajstić information content (AvgIpc) is 2.52. The molecular formula is C16H18FN3O. The molecule has 2 atom stereocenters. The van der Waals surface area contributed by atoms with Gasteiger partial charge in [0.05, 0.1) is 12.3 Å². The minimum absolute atomic E-state index is 0.198. The van der Waals surface area contributed by atoms with Crippen molar-refractivity contribution in [2.45, 2.75) is 18.9 Å². The van der Waals surface area contributed by atoms with Crippen molar-refractivity contribution in [2.75, 3.05) is 18.0 Å². The molecule has 110 valence electrons. The van der Waals surface area contributed by atoms with Crippen molar-refractivity contribution < 1.29 is 9.50 Å². The Morgan fingerprint density at radius 3 is 2.71 bits per heavy atom. The predicted octanol–water partition coefficient (Wildman–Crippen LogP) is 2.05. The van der Waals surface area contributed by atoms with E-state index in [1.54, 1.807) is 30.7 Å². The summed E-state index contributed by atoms with van der Waals surface area (Å²) in [7, 11) is 0. The van der Waals surface area contributed by atoms with Crippen LogP contribution in [0.1, 0.15) is 12.0 Å². The van der Waals surface area contributed by atoms with E-state index in [9.17, 15) is 9.50 Å². The van der Waals surface area contributed by atoms with Crippen molar-refractivity contribution in [3.63, 3.8) is 0 Å². The molecule has 1 N–H and O–H groups in total. The number of aliphatic hydroxyl groups is 1. The Hall–Kier alpha value is -2.01. The van der Waals surface area contributed by atoms with Crippen LogP contribution in [0.5, 0.6) is 0 Å². The predicted molar refractivity (Wildman–Crippen MR) is 78.5 cm³/mol. The van der Waals surface area contributed by atoms with Gasteiger partial charge in [-0.3, -0.25) is 4.98 Å². The minimum Gasteiger partial charge on any atom is -0.391 e. The van der Waals surface area contributed by atoms with Crippen LogP contribution in [0, 0.1) is 11.7 Å². The molecule has 2 aromatic rings. The maximum atomic E-state index is 12.9. The number of aliphatic hydroxyl groups excluding tert-OH is 1. The molecule has 0 aliphatic carbocycles. The number of piperidine rings is 1. The number of nitrogens with zero attached hydrogens (tertiary/aromatic N) is 3. The van der Waals surface area contributed by atoms with E-state index in [0.717, 1.165) is 30.8 Å². The van der Waals surface area contributed by atoms with Gasteiger partial charge in [-0.1, -0.05) is 12.1 Å². The van der Waals surface area contributed by atoms with Gasteiger partial charge in [-0.2, -0.15) is 0 Å². The van der Waals surface area contributed by atoms with Crippen molar-refractivity contribution in [2.24, 2.45) is 5.92 Å². The van der Waals surface area contributed by atoms with Gasteiger partial charge in [0, 0.05) is 25.5 Å². The monoisotopic (exact) mass is 287 g/mol. The van der Waals surface area contributed by atoms with Crippen LogP contribution < -0.4 is 4.90 Å². The van der Waals surface area contributed by atoms with Gasteiger partial charge in [0.25, 0.3) is 0 Å². The van der Waals surface area contributed by atoms with E-state index < -0.39 is 6.10 Å². The number of anilines is 1. The molecule has 1 aromatic carbocycles. The second kappa shape index (κ2) is 6.18. The topological polar surface area (TPSA) is 49.2 Å². The Morgan fingerprint density at radius 2 is 2.05 bits per heavy atom. The first-order valence-electron chi connectivity index (χ1n) is 7.16. The highest BCUT2D eigenvalue weighted by molar-refractivity contribution is 5.36. The fraction of sp³-hybridized carbons (Fsp3) is 0.375. The zero-order valence-corrected chi connectivity index (χ0v) is 11.7. The standard InChI is InChI=1S/C16H18FN3O/c17-14-3-1-12(2-4-14)9-13-5-8-20(11-15(13)21)16-10-18-6-7-19-16/h1-4,6-7,10,13,15,21H,5,8-9,11H2/t13-,15+/m1/s1. The molecule has 0 saturated carbocycles. The highest BCUT2D eigenvalue weighted by Crippen LogP contribution is 2.24. The fourth-order valence-electron chi connectivity index (χ4n) is 2.80. The molecule has 0 unspecified atom stereocenters. The zero-order valence-electron chi connectivity index (χ0n) is 11.7. The maximum absolute atomic E-state index is 12.9. The average molecular weight is 287 g/mol. The van der Waals surface area contributed by atoms with Crippen LogP contribution in [0.2, 0.25) is 0 Å². The second-order valence-corrected chi connectivity index (χ2v) is 5.46. The molecule has 5 heteroatoms. The molecule has 4 nitrogen and oxygen atoms in total. The van der Waals surface area contributed by atoms with Crippen LogP contribution in [0.3, 0.4) is 0 Å². The van der Waals surface area contributed by atoms with Crippen molar-refractivity contribution in [3.8, 4) is 0 Å². The van der Waals surface area contributed by atoms with Gasteiger partial charge in [0.1, 0.15) is 11.6 Å². The lowest BCUT2D eigenvalue weighted by Crippen LogP contribution is -2.45. The molecule has 1 aliphatic heterocycles. The first-order valence-corrected chi connectivity index (χ1v) is 7.16. The van der Waals surface area contributed by atoms with Crippen molar-refractivity contribution in [1.82, 2.24) is 9.97 Å². The normalized spacial score (nSPS) is 22.3. The highest BCUT2D eigenvalue weighted by atomic mass is 19.1. The molecule has 21 heavy (non-hydrogen) atoms. The van der Waals surface area contributed by atoms with Crippen LogP contribution in [-0.4, -0.2) is 34.3 Å². The van der Waals surface area contributed by atoms with E-state index >= 15 is 0 Å². The number of aromatic nitrogens is 2. The molecule has 0 spiro atoms. The van der Waals surface area contributed by atoms with Crippen LogP contribution in [0.15, 0.2) is 42.9 Å². The van der Waals surface area contributed by atoms with Gasteiger partial charge in [0.2, 0.25) is 0 Å². The summed E-state index contributed by atoms with van der Waals surface area (Å²) in [4.78, 5) is 10.4. The fourth-order valence-corrected chi connectivity index (χ4v) is 2.80. The van der Waals surface area contributed by atoms with Crippen LogP contribution >= 0.6 is 0 Å². The summed E-state index contributed by atoms with van der Waals surface area (Å²) >= 11 is 0. The number of benzene rings is 1. The molecule has 1 aliphatic rings. The van der Waals surface area contributed by atoms with Crippen LogP contribution in [0.4, 0.5) is 10.2 Å². The zero-order chi connectivity index (χ0) is 14.7. The number of halogens is 1. The third-order valence-electron chi connectivity index (χ3n) is 4.01. The summed E-state index contributed by atoms with van der Waals surface area (Å²) in [5.41, 5.74) is 1.06. The lowest BCUT2D eigenvalue weighted by molar-refractivity contribution is 0.0927. The molecule has 1 aromatic heterocycles. The van der Waals surface area contributed by atoms with E-state index in [2.05, 4.69) is 14.9 Å². The van der Waals surface area contributed by atoms with Crippen molar-refractivity contribution in [3.05, 3.63) is 54.2 Å². The van der Waals surface area contributed by atoms with Crippen LogP contribution in [-0.2, 0) is 6.42 Å². The maximum Gasteiger partial charge on any atom is 0.147 e. The molecular weight excluding hydrogens is 269 g/mol. The Balaban J connectivity index is 1.62. The van der Waals surface area contributed by atoms with E-state index in [1.807, 2.05) is 0 Å². The summed E-state index contributed by atoms with van der Waals surface area (Å²) in [6.07, 6.45) is 6.26. The first-order chi connectivity index (χ1) is 10.2. The van der Waals surface area contributed by atoms with Gasteiger partial charge in [-0.05, 0) is 36.5 Å². The summed E-state index contributed by atoms with van der Waals surface area (Å²) in [6, 6.07) is 6.51. The lowest BCUT2D eigenvalue weighted by Gasteiger charge is -2.36. The third kappa shape index (κ3) is 3.36. The summed E-state index contributed by atoms with van der Waals surface area (Å²) < 4.78 is 12.9. The van der Waals surface area contributed by atoms with E-state index in [-0.39, 0.29) is 11.7 Å². The van der Waals surface area contributed by atoms with Crippen molar-refractivity contribution in [1.29, 1.82) is 0 Å². The van der Waals surface area contributed by atoms with Gasteiger partial charge in [0.15, 0.2) is 0 Å². The largest absolute Gasteiger partial charge is 0.391 e. The van der Waals surface area contributed by atoms with E-state index in [1.165, 1.54) is 12.1 Å². The summed E-state index contributed by atoms with van der Waals surface area (Å²) in [5, 5.41) is 10.4. The molecule has 0 radical (unpaired) electrons. The Labute approximate surface area is 123 Å². The smallest absolute Gasteiger partial charge is 0.147 e. The number of β-amino-alcohol motifs (C(OH)–C–C–N with tert-alkyl or cyclic N) is 1. The Bertz CT molecular complexity index is 576. The molecule has 1 saturated heterocycles.